The van der Waals surface area contributed by atoms with E-state index in [1.807, 2.05) is 47.6 Å². The predicted octanol–water partition coefficient (Wildman–Crippen LogP) is 3.20. The molecule has 0 bridgehead atoms. The van der Waals surface area contributed by atoms with Gasteiger partial charge in [-0.1, -0.05) is 41.5 Å². The largest absolute Gasteiger partial charge is 0.507 e. The number of aromatic hydroxyl groups is 1. The third-order valence-electron chi connectivity index (χ3n) is 4.99. The molecule has 1 atom stereocenters. The average Bonchev–Trinajstić information content (AvgIpc) is 2.89. The van der Waals surface area contributed by atoms with E-state index in [1.165, 1.54) is 6.08 Å². The molecule has 1 heterocycles. The highest BCUT2D eigenvalue weighted by molar-refractivity contribution is 7.91. The number of sulfone groups is 1. The van der Waals surface area contributed by atoms with Crippen LogP contribution in [-0.2, 0) is 25.5 Å². The Morgan fingerprint density at radius 2 is 1.69 bits per heavy atom. The molecular weight excluding hydrogens is 388 g/mol. The van der Waals surface area contributed by atoms with E-state index in [2.05, 4.69) is 5.32 Å². The van der Waals surface area contributed by atoms with Gasteiger partial charge in [-0.15, -0.1) is 0 Å². The van der Waals surface area contributed by atoms with Gasteiger partial charge < -0.3 is 10.4 Å². The van der Waals surface area contributed by atoms with Crippen molar-refractivity contribution in [2.45, 2.75) is 64.8 Å². The zero-order valence-electron chi connectivity index (χ0n) is 18.0. The van der Waals surface area contributed by atoms with E-state index in [0.29, 0.717) is 12.0 Å². The highest BCUT2D eigenvalue weighted by Crippen LogP contribution is 2.40. The van der Waals surface area contributed by atoms with Crippen LogP contribution >= 0.6 is 0 Å². The fourth-order valence-corrected chi connectivity index (χ4v) is 5.04. The number of phenolic OH excluding ortho intramolecular Hbond substituents is 1. The molecule has 1 aliphatic rings. The minimum atomic E-state index is -3.13. The van der Waals surface area contributed by atoms with Crippen molar-refractivity contribution in [1.82, 2.24) is 5.32 Å². The van der Waals surface area contributed by atoms with Crippen LogP contribution in [0.3, 0.4) is 0 Å². The number of phenols is 1. The number of amides is 1. The fraction of sp³-hybridized carbons (Fsp3) is 0.545. The zero-order valence-corrected chi connectivity index (χ0v) is 18.8. The summed E-state index contributed by atoms with van der Waals surface area (Å²) in [6.45, 7) is 11.9. The first-order valence-corrected chi connectivity index (χ1v) is 11.5. The van der Waals surface area contributed by atoms with Gasteiger partial charge >= 0.3 is 0 Å². The number of nitrogens with one attached hydrogen (secondary N) is 1. The number of carbonyl (C=O) groups is 1. The molecule has 2 rings (SSSR count). The first-order valence-electron chi connectivity index (χ1n) is 9.65. The van der Waals surface area contributed by atoms with Crippen molar-refractivity contribution in [3.63, 3.8) is 0 Å². The van der Waals surface area contributed by atoms with Crippen LogP contribution in [-0.4, -0.2) is 37.0 Å². The second kappa shape index (κ2) is 7.83. The van der Waals surface area contributed by atoms with Crippen molar-refractivity contribution in [2.24, 2.45) is 0 Å². The standard InChI is InChI=1S/C22H30N2O4S/c1-21(2,3)17-10-14(11-18(19(17)25)22(4,5)6)9-15(12-23)20(26)24-16-7-8-29(27,28)13-16/h9-11,16,25H,7-8,13H2,1-6H3,(H,24,26). The van der Waals surface area contributed by atoms with Gasteiger partial charge in [0, 0.05) is 17.2 Å². The number of benzene rings is 1. The van der Waals surface area contributed by atoms with Crippen molar-refractivity contribution in [3.8, 4) is 11.8 Å². The fourth-order valence-electron chi connectivity index (χ4n) is 3.37. The lowest BCUT2D eigenvalue weighted by molar-refractivity contribution is -0.117. The molecule has 1 unspecified atom stereocenters. The molecule has 1 fully saturated rings. The van der Waals surface area contributed by atoms with Crippen LogP contribution in [0.2, 0.25) is 0 Å². The molecular formula is C22H30N2O4S. The van der Waals surface area contributed by atoms with Crippen LogP contribution < -0.4 is 5.32 Å². The SMILES string of the molecule is CC(C)(C)c1cc(C=C(C#N)C(=O)NC2CCS(=O)(=O)C2)cc(C(C)(C)C)c1O. The van der Waals surface area contributed by atoms with E-state index in [-0.39, 0.29) is 33.7 Å². The van der Waals surface area contributed by atoms with E-state index in [1.54, 1.807) is 12.1 Å². The quantitative estimate of drug-likeness (QED) is 0.579. The molecule has 158 valence electrons. The molecule has 29 heavy (non-hydrogen) atoms. The summed E-state index contributed by atoms with van der Waals surface area (Å²) in [7, 11) is -3.13. The van der Waals surface area contributed by atoms with E-state index < -0.39 is 21.8 Å². The molecule has 0 spiro atoms. The molecule has 0 radical (unpaired) electrons. The van der Waals surface area contributed by atoms with Gasteiger partial charge in [0.1, 0.15) is 17.4 Å². The van der Waals surface area contributed by atoms with E-state index >= 15 is 0 Å². The first kappa shape index (κ1) is 23.0. The maximum Gasteiger partial charge on any atom is 0.262 e. The minimum absolute atomic E-state index is 0.0470. The van der Waals surface area contributed by atoms with Crippen molar-refractivity contribution in [2.75, 3.05) is 11.5 Å². The van der Waals surface area contributed by atoms with Crippen LogP contribution in [0.1, 0.15) is 64.7 Å². The lowest BCUT2D eigenvalue weighted by atomic mass is 9.78. The number of hydrogen-bond acceptors (Lipinski definition) is 5. The predicted molar refractivity (Wildman–Crippen MR) is 114 cm³/mol. The Kier molecular flexibility index (Phi) is 6.20. The molecule has 1 amide bonds. The van der Waals surface area contributed by atoms with Crippen LogP contribution in [0.25, 0.3) is 6.08 Å². The highest BCUT2D eigenvalue weighted by Gasteiger charge is 2.30. The summed E-state index contributed by atoms with van der Waals surface area (Å²) in [5.41, 5.74) is 1.34. The van der Waals surface area contributed by atoms with Crippen LogP contribution in [0.15, 0.2) is 17.7 Å². The zero-order chi connectivity index (χ0) is 22.2. The maximum absolute atomic E-state index is 12.5. The summed E-state index contributed by atoms with van der Waals surface area (Å²) < 4.78 is 23.2. The number of nitrogens with zero attached hydrogens (tertiary/aromatic N) is 1. The molecule has 2 N–H and O–H groups in total. The summed E-state index contributed by atoms with van der Waals surface area (Å²) in [6.07, 6.45) is 1.84. The maximum atomic E-state index is 12.5. The molecule has 0 aromatic heterocycles. The van der Waals surface area contributed by atoms with Gasteiger partial charge in [-0.3, -0.25) is 4.79 Å². The Bertz CT molecular complexity index is 952. The first-order chi connectivity index (χ1) is 13.1. The summed E-state index contributed by atoms with van der Waals surface area (Å²) in [6, 6.07) is 5.01. The third-order valence-corrected chi connectivity index (χ3v) is 6.76. The Morgan fingerprint density at radius 1 is 1.17 bits per heavy atom. The molecule has 0 aliphatic carbocycles. The number of hydrogen-bond donors (Lipinski definition) is 2. The second-order valence-electron chi connectivity index (χ2n) is 9.71. The van der Waals surface area contributed by atoms with Gasteiger partial charge in [0.25, 0.3) is 5.91 Å². The van der Waals surface area contributed by atoms with Crippen molar-refractivity contribution in [1.29, 1.82) is 5.26 Å². The normalized spacial score (nSPS) is 19.6. The van der Waals surface area contributed by atoms with Gasteiger partial charge in [-0.25, -0.2) is 8.42 Å². The van der Waals surface area contributed by atoms with Crippen LogP contribution in [0, 0.1) is 11.3 Å². The monoisotopic (exact) mass is 418 g/mol. The molecule has 1 saturated heterocycles. The van der Waals surface area contributed by atoms with Gasteiger partial charge in [0.15, 0.2) is 9.84 Å². The Balaban J connectivity index is 2.45. The minimum Gasteiger partial charge on any atom is -0.507 e. The average molecular weight is 419 g/mol. The number of carbonyl (C=O) groups excluding carboxylic acids is 1. The molecule has 7 heteroatoms. The van der Waals surface area contributed by atoms with Gasteiger partial charge in [0.2, 0.25) is 0 Å². The number of nitriles is 1. The smallest absolute Gasteiger partial charge is 0.262 e. The van der Waals surface area contributed by atoms with E-state index in [4.69, 9.17) is 0 Å². The van der Waals surface area contributed by atoms with Gasteiger partial charge in [-0.2, -0.15) is 5.26 Å². The Labute approximate surface area is 173 Å². The Morgan fingerprint density at radius 3 is 2.07 bits per heavy atom. The van der Waals surface area contributed by atoms with Gasteiger partial charge in [0.05, 0.1) is 11.5 Å². The molecule has 1 aromatic carbocycles. The van der Waals surface area contributed by atoms with Crippen molar-refractivity contribution >= 4 is 21.8 Å². The number of rotatable bonds is 3. The molecule has 1 aliphatic heterocycles. The molecule has 0 saturated carbocycles. The van der Waals surface area contributed by atoms with Crippen LogP contribution in [0.5, 0.6) is 5.75 Å². The molecule has 6 nitrogen and oxygen atoms in total. The van der Waals surface area contributed by atoms with E-state index in [0.717, 1.165) is 11.1 Å². The summed E-state index contributed by atoms with van der Waals surface area (Å²) in [5, 5.41) is 23.0. The summed E-state index contributed by atoms with van der Waals surface area (Å²) >= 11 is 0. The van der Waals surface area contributed by atoms with Crippen molar-refractivity contribution < 1.29 is 18.3 Å². The summed E-state index contributed by atoms with van der Waals surface area (Å²) in [5.74, 6) is -0.414. The lowest BCUT2D eigenvalue weighted by Gasteiger charge is -2.28. The second-order valence-corrected chi connectivity index (χ2v) is 11.9. The molecule has 1 aromatic rings. The van der Waals surface area contributed by atoms with Crippen molar-refractivity contribution in [3.05, 3.63) is 34.4 Å². The third kappa shape index (κ3) is 5.60. The van der Waals surface area contributed by atoms with E-state index in [9.17, 15) is 23.6 Å². The topological polar surface area (TPSA) is 107 Å². The Hall–Kier alpha value is -2.33. The van der Waals surface area contributed by atoms with Gasteiger partial charge in [-0.05, 0) is 41.0 Å². The lowest BCUT2D eigenvalue weighted by Crippen LogP contribution is -2.36. The summed E-state index contributed by atoms with van der Waals surface area (Å²) in [4.78, 5) is 12.5. The highest BCUT2D eigenvalue weighted by atomic mass is 32.2. The van der Waals surface area contributed by atoms with Crippen LogP contribution in [0.4, 0.5) is 0 Å².